The van der Waals surface area contributed by atoms with Crippen LogP contribution < -0.4 is 5.32 Å². The van der Waals surface area contributed by atoms with Gasteiger partial charge in [-0.25, -0.2) is 9.78 Å². The van der Waals surface area contributed by atoms with Crippen LogP contribution in [0.3, 0.4) is 0 Å². The highest BCUT2D eigenvalue weighted by molar-refractivity contribution is 7.22. The number of thiophene rings is 1. The Labute approximate surface area is 175 Å². The second kappa shape index (κ2) is 8.03. The molecule has 1 saturated heterocycles. The molecule has 1 aliphatic heterocycles. The molecular formula is C23H27N3O2S. The van der Waals surface area contributed by atoms with Gasteiger partial charge in [0.05, 0.1) is 0 Å². The summed E-state index contributed by atoms with van der Waals surface area (Å²) in [5.74, 6) is 0.886. The molecule has 0 aliphatic carbocycles. The summed E-state index contributed by atoms with van der Waals surface area (Å²) in [6, 6.07) is 14.8. The van der Waals surface area contributed by atoms with Crippen molar-refractivity contribution in [3.05, 3.63) is 48.7 Å². The number of aromatic nitrogens is 1. The average Bonchev–Trinajstić information content (AvgIpc) is 3.13. The number of piperidine rings is 1. The molecular weight excluding hydrogens is 382 g/mol. The Kier molecular flexibility index (Phi) is 5.46. The Morgan fingerprint density at radius 3 is 2.79 bits per heavy atom. The van der Waals surface area contributed by atoms with Crippen LogP contribution in [0.5, 0.6) is 0 Å². The first-order chi connectivity index (χ1) is 13.9. The smallest absolute Gasteiger partial charge is 0.410 e. The van der Waals surface area contributed by atoms with Crippen LogP contribution in [0.15, 0.2) is 48.7 Å². The molecule has 0 radical (unpaired) electrons. The van der Waals surface area contributed by atoms with Crippen LogP contribution in [0, 0.1) is 0 Å². The monoisotopic (exact) mass is 409 g/mol. The molecule has 1 amide bonds. The fourth-order valence-corrected chi connectivity index (χ4v) is 4.67. The van der Waals surface area contributed by atoms with Crippen LogP contribution in [0.25, 0.3) is 20.5 Å². The third-order valence-electron chi connectivity index (χ3n) is 4.92. The second-order valence-electron chi connectivity index (χ2n) is 8.46. The number of hydrogen-bond donors (Lipinski definition) is 1. The lowest BCUT2D eigenvalue weighted by Gasteiger charge is -2.34. The predicted octanol–water partition coefficient (Wildman–Crippen LogP) is 5.77. The fourth-order valence-electron chi connectivity index (χ4n) is 3.60. The Morgan fingerprint density at radius 1 is 1.24 bits per heavy atom. The third kappa shape index (κ3) is 4.70. The minimum Gasteiger partial charge on any atom is -0.444 e. The molecule has 6 heteroatoms. The summed E-state index contributed by atoms with van der Waals surface area (Å²) in [4.78, 5) is 20.1. The van der Waals surface area contributed by atoms with E-state index in [1.807, 2.05) is 33.0 Å². The molecule has 0 bridgehead atoms. The molecule has 1 N–H and O–H groups in total. The molecule has 5 nitrogen and oxygen atoms in total. The molecule has 1 fully saturated rings. The van der Waals surface area contributed by atoms with E-state index in [2.05, 4.69) is 46.7 Å². The molecule has 29 heavy (non-hydrogen) atoms. The summed E-state index contributed by atoms with van der Waals surface area (Å²) in [5.41, 5.74) is 0.739. The van der Waals surface area contributed by atoms with Gasteiger partial charge in [-0.1, -0.05) is 30.3 Å². The van der Waals surface area contributed by atoms with Crippen molar-refractivity contribution in [1.29, 1.82) is 0 Å². The van der Waals surface area contributed by atoms with Gasteiger partial charge in [0, 0.05) is 40.3 Å². The lowest BCUT2D eigenvalue weighted by Crippen LogP contribution is -2.47. The highest BCUT2D eigenvalue weighted by Gasteiger charge is 2.28. The third-order valence-corrected chi connectivity index (χ3v) is 6.07. The van der Waals surface area contributed by atoms with Gasteiger partial charge in [-0.05, 0) is 51.3 Å². The van der Waals surface area contributed by atoms with Gasteiger partial charge < -0.3 is 15.0 Å². The Bertz CT molecular complexity index is 994. The lowest BCUT2D eigenvalue weighted by atomic mass is 10.1. The summed E-state index contributed by atoms with van der Waals surface area (Å²) in [7, 11) is 0. The first-order valence-corrected chi connectivity index (χ1v) is 10.9. The Balaban J connectivity index is 1.52. The van der Waals surface area contributed by atoms with Gasteiger partial charge in [0.15, 0.2) is 0 Å². The molecule has 0 saturated carbocycles. The van der Waals surface area contributed by atoms with Crippen molar-refractivity contribution in [2.75, 3.05) is 18.4 Å². The number of hydrogen-bond acceptors (Lipinski definition) is 5. The number of likely N-dealkylation sites (tertiary alicyclic amines) is 1. The van der Waals surface area contributed by atoms with Gasteiger partial charge >= 0.3 is 6.09 Å². The lowest BCUT2D eigenvalue weighted by molar-refractivity contribution is 0.0206. The van der Waals surface area contributed by atoms with Crippen LogP contribution >= 0.6 is 11.3 Å². The molecule has 4 rings (SSSR count). The minimum atomic E-state index is -0.477. The van der Waals surface area contributed by atoms with E-state index >= 15 is 0 Å². The molecule has 3 aromatic rings. The number of fused-ring (bicyclic) bond motifs is 1. The normalized spacial score (nSPS) is 17.3. The molecule has 152 valence electrons. The molecule has 1 atom stereocenters. The number of pyridine rings is 1. The van der Waals surface area contributed by atoms with E-state index in [0.29, 0.717) is 6.54 Å². The van der Waals surface area contributed by atoms with Gasteiger partial charge in [-0.3, -0.25) is 0 Å². The second-order valence-corrected chi connectivity index (χ2v) is 9.54. The number of ether oxygens (including phenoxy) is 1. The number of carbonyl (C=O) groups is 1. The molecule has 0 unspecified atom stereocenters. The summed E-state index contributed by atoms with van der Waals surface area (Å²) < 4.78 is 6.75. The van der Waals surface area contributed by atoms with Gasteiger partial charge in [0.1, 0.15) is 11.4 Å². The maximum Gasteiger partial charge on any atom is 0.410 e. The largest absolute Gasteiger partial charge is 0.444 e. The van der Waals surface area contributed by atoms with Crippen molar-refractivity contribution in [2.45, 2.75) is 45.3 Å². The molecule has 2 aromatic heterocycles. The van der Waals surface area contributed by atoms with Crippen molar-refractivity contribution >= 4 is 33.3 Å². The highest BCUT2D eigenvalue weighted by Crippen LogP contribution is 2.36. The van der Waals surface area contributed by atoms with Crippen LogP contribution in [0.4, 0.5) is 10.6 Å². The van der Waals surface area contributed by atoms with E-state index in [0.717, 1.165) is 30.6 Å². The van der Waals surface area contributed by atoms with E-state index in [1.165, 1.54) is 15.1 Å². The first-order valence-electron chi connectivity index (χ1n) is 10.1. The van der Waals surface area contributed by atoms with Crippen LogP contribution in [0.2, 0.25) is 0 Å². The number of nitrogens with zero attached hydrogens (tertiary/aromatic N) is 2. The van der Waals surface area contributed by atoms with Gasteiger partial charge in [0.25, 0.3) is 0 Å². The number of rotatable bonds is 3. The zero-order chi connectivity index (χ0) is 20.4. The number of carbonyl (C=O) groups excluding carboxylic acids is 1. The average molecular weight is 410 g/mol. The first kappa shape index (κ1) is 19.7. The topological polar surface area (TPSA) is 54.5 Å². The zero-order valence-corrected chi connectivity index (χ0v) is 18.0. The van der Waals surface area contributed by atoms with Crippen molar-refractivity contribution in [3.8, 4) is 10.4 Å². The molecule has 0 spiro atoms. The van der Waals surface area contributed by atoms with Crippen LogP contribution in [-0.2, 0) is 4.74 Å². The van der Waals surface area contributed by atoms with Crippen molar-refractivity contribution < 1.29 is 9.53 Å². The van der Waals surface area contributed by atoms with Crippen LogP contribution in [0.1, 0.15) is 33.6 Å². The zero-order valence-electron chi connectivity index (χ0n) is 17.1. The summed E-state index contributed by atoms with van der Waals surface area (Å²) in [5, 5.41) is 4.71. The maximum atomic E-state index is 12.4. The standard InChI is InChI=1S/C23H27N3O2S/c1-23(2,3)28-22(27)26-13-7-10-17(15-26)25-21-18-14-20(16-8-5-4-6-9-16)29-19(18)11-12-24-21/h4-6,8-9,11-12,14,17H,7,10,13,15H2,1-3H3,(H,24,25)/t17-/m0/s1. The molecule has 3 heterocycles. The maximum absolute atomic E-state index is 12.4. The highest BCUT2D eigenvalue weighted by atomic mass is 32.1. The van der Waals surface area contributed by atoms with Gasteiger partial charge in [-0.2, -0.15) is 0 Å². The van der Waals surface area contributed by atoms with E-state index in [4.69, 9.17) is 4.74 Å². The van der Waals surface area contributed by atoms with E-state index in [9.17, 15) is 4.79 Å². The summed E-state index contributed by atoms with van der Waals surface area (Å²) in [6.07, 6.45) is 3.57. The summed E-state index contributed by atoms with van der Waals surface area (Å²) >= 11 is 1.77. The predicted molar refractivity (Wildman–Crippen MR) is 120 cm³/mol. The minimum absolute atomic E-state index is 0.162. The van der Waals surface area contributed by atoms with E-state index in [1.54, 1.807) is 16.2 Å². The van der Waals surface area contributed by atoms with Gasteiger partial charge in [0.2, 0.25) is 0 Å². The number of nitrogens with one attached hydrogen (secondary N) is 1. The number of anilines is 1. The Hall–Kier alpha value is -2.60. The molecule has 1 aliphatic rings. The quantitative estimate of drug-likeness (QED) is 0.596. The summed E-state index contributed by atoms with van der Waals surface area (Å²) in [6.45, 7) is 7.06. The van der Waals surface area contributed by atoms with Crippen molar-refractivity contribution in [1.82, 2.24) is 9.88 Å². The van der Waals surface area contributed by atoms with Crippen molar-refractivity contribution in [3.63, 3.8) is 0 Å². The van der Waals surface area contributed by atoms with Crippen LogP contribution in [-0.4, -0.2) is 40.7 Å². The van der Waals surface area contributed by atoms with E-state index in [-0.39, 0.29) is 12.1 Å². The Morgan fingerprint density at radius 2 is 2.03 bits per heavy atom. The SMILES string of the molecule is CC(C)(C)OC(=O)N1CCC[C@H](Nc2nccc3sc(-c4ccccc4)cc23)C1. The molecule has 1 aromatic carbocycles. The number of amides is 1. The van der Waals surface area contributed by atoms with Gasteiger partial charge in [-0.15, -0.1) is 11.3 Å². The number of benzene rings is 1. The van der Waals surface area contributed by atoms with E-state index < -0.39 is 5.60 Å². The fraction of sp³-hybridized carbons (Fsp3) is 0.391. The van der Waals surface area contributed by atoms with Crippen molar-refractivity contribution in [2.24, 2.45) is 0 Å².